The third-order valence-corrected chi connectivity index (χ3v) is 4.56. The summed E-state index contributed by atoms with van der Waals surface area (Å²) in [6.45, 7) is 0.491. The van der Waals surface area contributed by atoms with Crippen LogP contribution in [0.5, 0.6) is 0 Å². The highest BCUT2D eigenvalue weighted by molar-refractivity contribution is 9.10. The van der Waals surface area contributed by atoms with Gasteiger partial charge in [-0.25, -0.2) is 9.78 Å². The number of hydrogen-bond donors (Lipinski definition) is 3. The molecule has 8 heteroatoms. The maximum absolute atomic E-state index is 12.0. The predicted octanol–water partition coefficient (Wildman–Crippen LogP) is 5.02. The molecule has 0 fully saturated rings. The number of carboxylic acid groups (broad SMARTS) is 1. The Morgan fingerprint density at radius 3 is 2.79 bits per heavy atom. The van der Waals surface area contributed by atoms with Gasteiger partial charge in [0.1, 0.15) is 5.52 Å². The van der Waals surface area contributed by atoms with Crippen LogP contribution in [0.2, 0.25) is 0 Å². The molecule has 0 aliphatic heterocycles. The lowest BCUT2D eigenvalue weighted by molar-refractivity contribution is -0.137. The first kappa shape index (κ1) is 19.9. The van der Waals surface area contributed by atoms with Gasteiger partial charge in [-0.05, 0) is 49.2 Å². The number of hydrogen-bond acceptors (Lipinski definition) is 4. The molecule has 0 atom stereocenters. The van der Waals surface area contributed by atoms with Crippen molar-refractivity contribution >= 4 is 44.7 Å². The van der Waals surface area contributed by atoms with E-state index in [1.54, 1.807) is 12.1 Å². The second-order valence-corrected chi connectivity index (χ2v) is 7.21. The predicted molar refractivity (Wildman–Crippen MR) is 110 cm³/mol. The number of nitrogens with one attached hydrogen (secondary N) is 2. The summed E-state index contributed by atoms with van der Waals surface area (Å²) < 4.78 is 6.71. The molecular formula is C20H20BrN3O4. The van der Waals surface area contributed by atoms with E-state index in [-0.39, 0.29) is 12.5 Å². The van der Waals surface area contributed by atoms with Gasteiger partial charge in [-0.3, -0.25) is 4.79 Å². The zero-order chi connectivity index (χ0) is 19.9. The molecule has 146 valence electrons. The summed E-state index contributed by atoms with van der Waals surface area (Å²) in [7, 11) is 0. The number of carboxylic acids is 1. The monoisotopic (exact) mass is 445 g/mol. The van der Waals surface area contributed by atoms with Crippen LogP contribution >= 0.6 is 15.9 Å². The highest BCUT2D eigenvalue weighted by atomic mass is 79.9. The molecule has 0 spiro atoms. The minimum Gasteiger partial charge on any atom is -0.481 e. The van der Waals surface area contributed by atoms with E-state index >= 15 is 0 Å². The average Bonchev–Trinajstić information content (AvgIpc) is 3.08. The largest absolute Gasteiger partial charge is 0.481 e. The molecule has 1 heterocycles. The van der Waals surface area contributed by atoms with Crippen molar-refractivity contribution in [1.82, 2.24) is 10.3 Å². The van der Waals surface area contributed by atoms with Crippen LogP contribution in [0.3, 0.4) is 0 Å². The Hall–Kier alpha value is -2.87. The van der Waals surface area contributed by atoms with Crippen molar-refractivity contribution in [1.29, 1.82) is 0 Å². The Morgan fingerprint density at radius 2 is 1.96 bits per heavy atom. The molecule has 0 unspecified atom stereocenters. The van der Waals surface area contributed by atoms with Crippen LogP contribution in [0.25, 0.3) is 22.6 Å². The summed E-state index contributed by atoms with van der Waals surface area (Å²) in [6, 6.07) is 12.6. The number of fused-ring (bicyclic) bond motifs is 1. The maximum atomic E-state index is 12.0. The fraction of sp³-hybridized carbons (Fsp3) is 0.250. The first-order valence-electron chi connectivity index (χ1n) is 8.94. The summed E-state index contributed by atoms with van der Waals surface area (Å²) in [5, 5.41) is 14.1. The van der Waals surface area contributed by atoms with Gasteiger partial charge in [0.05, 0.1) is 0 Å². The molecule has 0 saturated carbocycles. The molecule has 2 aromatic carbocycles. The summed E-state index contributed by atoms with van der Waals surface area (Å²) >= 11 is 3.42. The number of rotatable bonds is 8. The Balaban J connectivity index is 1.55. The molecule has 3 rings (SSSR count). The van der Waals surface area contributed by atoms with Gasteiger partial charge in [-0.15, -0.1) is 0 Å². The third kappa shape index (κ3) is 5.56. The SMILES string of the molecule is O=C(O)CCCCCNC(=O)Nc1cccc(-c2nc3cc(Br)ccc3o2)c1. The van der Waals surface area contributed by atoms with Crippen LogP contribution in [0, 0.1) is 0 Å². The van der Waals surface area contributed by atoms with Gasteiger partial charge >= 0.3 is 12.0 Å². The smallest absolute Gasteiger partial charge is 0.319 e. The van der Waals surface area contributed by atoms with E-state index in [0.29, 0.717) is 30.1 Å². The molecule has 3 N–H and O–H groups in total. The van der Waals surface area contributed by atoms with Crippen molar-refractivity contribution < 1.29 is 19.1 Å². The molecule has 0 radical (unpaired) electrons. The minimum atomic E-state index is -0.794. The van der Waals surface area contributed by atoms with E-state index in [2.05, 4.69) is 31.5 Å². The van der Waals surface area contributed by atoms with Crippen LogP contribution in [-0.4, -0.2) is 28.6 Å². The maximum Gasteiger partial charge on any atom is 0.319 e. The quantitative estimate of drug-likeness (QED) is 0.422. The van der Waals surface area contributed by atoms with Gasteiger partial charge in [0.2, 0.25) is 5.89 Å². The van der Waals surface area contributed by atoms with Crippen LogP contribution < -0.4 is 10.6 Å². The number of urea groups is 1. The van der Waals surface area contributed by atoms with Gasteiger partial charge in [0, 0.05) is 28.7 Å². The number of unbranched alkanes of at least 4 members (excludes halogenated alkanes) is 2. The van der Waals surface area contributed by atoms with Crippen LogP contribution in [-0.2, 0) is 4.79 Å². The van der Waals surface area contributed by atoms with E-state index in [0.717, 1.165) is 28.4 Å². The number of aromatic nitrogens is 1. The molecule has 7 nitrogen and oxygen atoms in total. The summed E-state index contributed by atoms with van der Waals surface area (Å²) in [4.78, 5) is 27.0. The lowest BCUT2D eigenvalue weighted by Crippen LogP contribution is -2.29. The van der Waals surface area contributed by atoms with Gasteiger partial charge in [0.15, 0.2) is 5.58 Å². The first-order valence-corrected chi connectivity index (χ1v) is 9.74. The van der Waals surface area contributed by atoms with E-state index in [9.17, 15) is 9.59 Å². The normalized spacial score (nSPS) is 10.8. The topological polar surface area (TPSA) is 104 Å². The Morgan fingerprint density at radius 1 is 1.11 bits per heavy atom. The number of aliphatic carboxylic acids is 1. The fourth-order valence-electron chi connectivity index (χ4n) is 2.71. The molecule has 3 aromatic rings. The average molecular weight is 446 g/mol. The second kappa shape index (κ2) is 9.36. The van der Waals surface area contributed by atoms with Gasteiger partial charge in [0.25, 0.3) is 0 Å². The number of amides is 2. The second-order valence-electron chi connectivity index (χ2n) is 6.30. The number of oxazole rings is 1. The summed E-state index contributed by atoms with van der Waals surface area (Å²) in [5.74, 6) is -0.312. The molecule has 28 heavy (non-hydrogen) atoms. The van der Waals surface area contributed by atoms with Crippen molar-refractivity contribution in [2.45, 2.75) is 25.7 Å². The first-order chi connectivity index (χ1) is 13.5. The zero-order valence-corrected chi connectivity index (χ0v) is 16.7. The van der Waals surface area contributed by atoms with E-state index in [1.807, 2.05) is 30.3 Å². The van der Waals surface area contributed by atoms with E-state index in [1.165, 1.54) is 0 Å². The Kier molecular flexibility index (Phi) is 6.65. The highest BCUT2D eigenvalue weighted by Gasteiger charge is 2.10. The van der Waals surface area contributed by atoms with Gasteiger partial charge < -0.3 is 20.2 Å². The molecule has 0 aliphatic rings. The molecule has 0 aliphatic carbocycles. The van der Waals surface area contributed by atoms with Crippen LogP contribution in [0.1, 0.15) is 25.7 Å². The Labute approximate surface area is 170 Å². The third-order valence-electron chi connectivity index (χ3n) is 4.07. The van der Waals surface area contributed by atoms with Crippen molar-refractivity contribution in [2.24, 2.45) is 0 Å². The number of halogens is 1. The van der Waals surface area contributed by atoms with Gasteiger partial charge in [-0.1, -0.05) is 28.4 Å². The molecule has 0 saturated heterocycles. The van der Waals surface area contributed by atoms with Crippen LogP contribution in [0.4, 0.5) is 10.5 Å². The fourth-order valence-corrected chi connectivity index (χ4v) is 3.06. The summed E-state index contributed by atoms with van der Waals surface area (Å²) in [6.07, 6.45) is 2.27. The summed E-state index contributed by atoms with van der Waals surface area (Å²) in [5.41, 5.74) is 2.84. The molecular weight excluding hydrogens is 426 g/mol. The standard InChI is InChI=1S/C20H20BrN3O4/c21-14-8-9-17-16(12-14)24-19(28-17)13-5-4-6-15(11-13)23-20(27)22-10-3-1-2-7-18(25)26/h4-6,8-9,11-12H,1-3,7,10H2,(H,25,26)(H2,22,23,27). The zero-order valence-electron chi connectivity index (χ0n) is 15.1. The lowest BCUT2D eigenvalue weighted by Gasteiger charge is -2.08. The molecule has 2 amide bonds. The van der Waals surface area contributed by atoms with Crippen molar-refractivity contribution in [3.8, 4) is 11.5 Å². The number of anilines is 1. The molecule has 0 bridgehead atoms. The van der Waals surface area contributed by atoms with E-state index in [4.69, 9.17) is 9.52 Å². The lowest BCUT2D eigenvalue weighted by atomic mass is 10.2. The number of carbonyl (C=O) groups is 2. The van der Waals surface area contributed by atoms with E-state index < -0.39 is 5.97 Å². The van der Waals surface area contributed by atoms with Crippen molar-refractivity contribution in [2.75, 3.05) is 11.9 Å². The minimum absolute atomic E-state index is 0.158. The van der Waals surface area contributed by atoms with Crippen LogP contribution in [0.15, 0.2) is 51.4 Å². The van der Waals surface area contributed by atoms with Crippen molar-refractivity contribution in [3.63, 3.8) is 0 Å². The highest BCUT2D eigenvalue weighted by Crippen LogP contribution is 2.27. The number of carbonyl (C=O) groups excluding carboxylic acids is 1. The van der Waals surface area contributed by atoms with Crippen molar-refractivity contribution in [3.05, 3.63) is 46.9 Å². The Bertz CT molecular complexity index is 986. The van der Waals surface area contributed by atoms with Gasteiger partial charge in [-0.2, -0.15) is 0 Å². The number of benzene rings is 2. The molecule has 1 aromatic heterocycles. The number of nitrogens with zero attached hydrogens (tertiary/aromatic N) is 1.